The number of amides is 1. The Hall–Kier alpha value is -3.23. The lowest BCUT2D eigenvalue weighted by Gasteiger charge is -2.18. The summed E-state index contributed by atoms with van der Waals surface area (Å²) in [6.07, 6.45) is 2.42. The number of halogens is 1. The molecule has 34 heavy (non-hydrogen) atoms. The third-order valence-corrected chi connectivity index (χ3v) is 7.40. The maximum atomic E-state index is 13.9. The molecule has 1 fully saturated rings. The van der Waals surface area contributed by atoms with Crippen molar-refractivity contribution >= 4 is 21.6 Å². The first-order valence-corrected chi connectivity index (χ1v) is 12.8. The number of likely N-dealkylation sites (tertiary alicyclic amines) is 1. The van der Waals surface area contributed by atoms with Crippen LogP contribution in [0.25, 0.3) is 0 Å². The quantitative estimate of drug-likeness (QED) is 0.498. The highest BCUT2D eigenvalue weighted by Crippen LogP contribution is 2.22. The van der Waals surface area contributed by atoms with E-state index in [-0.39, 0.29) is 22.1 Å². The van der Waals surface area contributed by atoms with E-state index in [1.807, 2.05) is 18.2 Å². The summed E-state index contributed by atoms with van der Waals surface area (Å²) in [4.78, 5) is 15.3. The minimum Gasteiger partial charge on any atom is -0.348 e. The molecule has 0 atom stereocenters. The van der Waals surface area contributed by atoms with Gasteiger partial charge < -0.3 is 5.32 Å². The summed E-state index contributed by atoms with van der Waals surface area (Å²) < 4.78 is 41.8. The van der Waals surface area contributed by atoms with E-state index in [0.29, 0.717) is 12.1 Å². The van der Waals surface area contributed by atoms with E-state index in [9.17, 15) is 17.6 Å². The van der Waals surface area contributed by atoms with Crippen molar-refractivity contribution in [3.05, 3.63) is 94.8 Å². The van der Waals surface area contributed by atoms with E-state index >= 15 is 0 Å². The van der Waals surface area contributed by atoms with Crippen molar-refractivity contribution in [2.24, 2.45) is 0 Å². The molecule has 2 N–H and O–H groups in total. The number of sulfonamides is 1. The molecule has 1 aliphatic heterocycles. The van der Waals surface area contributed by atoms with Crippen LogP contribution in [0.1, 0.15) is 39.9 Å². The third-order valence-electron chi connectivity index (χ3n) is 6.03. The third kappa shape index (κ3) is 5.63. The van der Waals surface area contributed by atoms with Crippen molar-refractivity contribution in [1.82, 2.24) is 10.2 Å². The number of nitrogens with zero attached hydrogens (tertiary/aromatic N) is 1. The summed E-state index contributed by atoms with van der Waals surface area (Å²) in [6, 6.07) is 17.9. The number of carbonyl (C=O) groups excluding carboxylic acids is 1. The first-order valence-electron chi connectivity index (χ1n) is 11.3. The number of anilines is 1. The smallest absolute Gasteiger partial charge is 0.262 e. The molecule has 0 spiro atoms. The van der Waals surface area contributed by atoms with Gasteiger partial charge in [0.25, 0.3) is 15.9 Å². The van der Waals surface area contributed by atoms with Gasteiger partial charge in [-0.1, -0.05) is 42.5 Å². The predicted molar refractivity (Wildman–Crippen MR) is 131 cm³/mol. The molecule has 1 heterocycles. The van der Waals surface area contributed by atoms with Gasteiger partial charge in [-0.3, -0.25) is 14.4 Å². The van der Waals surface area contributed by atoms with Crippen LogP contribution in [0.4, 0.5) is 10.1 Å². The largest absolute Gasteiger partial charge is 0.348 e. The van der Waals surface area contributed by atoms with Crippen molar-refractivity contribution in [2.75, 3.05) is 17.8 Å². The fourth-order valence-electron chi connectivity index (χ4n) is 4.10. The molecule has 6 nitrogen and oxygen atoms in total. The Bertz CT molecular complexity index is 1290. The molecule has 0 aromatic heterocycles. The molecule has 0 bridgehead atoms. The van der Waals surface area contributed by atoms with Gasteiger partial charge in [0, 0.05) is 18.7 Å². The van der Waals surface area contributed by atoms with Crippen molar-refractivity contribution in [2.45, 2.75) is 37.8 Å². The zero-order valence-corrected chi connectivity index (χ0v) is 19.9. The lowest BCUT2D eigenvalue weighted by Crippen LogP contribution is -2.26. The number of rotatable bonds is 8. The molecular weight excluding hydrogens is 453 g/mol. The number of hydrogen-bond acceptors (Lipinski definition) is 4. The van der Waals surface area contributed by atoms with Gasteiger partial charge in [-0.15, -0.1) is 0 Å². The SMILES string of the molecule is Cc1ccc(S(=O)(=O)Nc2ccccc2F)cc1C(=O)NCc1ccccc1CN1CCCC1. The van der Waals surface area contributed by atoms with Crippen molar-refractivity contribution in [3.63, 3.8) is 0 Å². The first kappa shape index (κ1) is 23.9. The second kappa shape index (κ2) is 10.4. The van der Waals surface area contributed by atoms with Crippen LogP contribution in [-0.4, -0.2) is 32.3 Å². The van der Waals surface area contributed by atoms with Crippen molar-refractivity contribution in [3.8, 4) is 0 Å². The van der Waals surface area contributed by atoms with Crippen LogP contribution in [0.5, 0.6) is 0 Å². The predicted octanol–water partition coefficient (Wildman–Crippen LogP) is 4.46. The minimum atomic E-state index is -4.07. The molecule has 178 valence electrons. The fraction of sp³-hybridized carbons (Fsp3) is 0.269. The molecule has 1 aliphatic rings. The normalized spacial score (nSPS) is 14.2. The van der Waals surface area contributed by atoms with Crippen molar-refractivity contribution in [1.29, 1.82) is 0 Å². The van der Waals surface area contributed by atoms with Gasteiger partial charge in [0.15, 0.2) is 0 Å². The van der Waals surface area contributed by atoms with Crippen molar-refractivity contribution < 1.29 is 17.6 Å². The summed E-state index contributed by atoms with van der Waals surface area (Å²) in [7, 11) is -4.07. The van der Waals surface area contributed by atoms with Crippen LogP contribution in [0, 0.1) is 12.7 Å². The fourth-order valence-corrected chi connectivity index (χ4v) is 5.19. The summed E-state index contributed by atoms with van der Waals surface area (Å²) >= 11 is 0. The van der Waals surface area contributed by atoms with Crippen LogP contribution >= 0.6 is 0 Å². The van der Waals surface area contributed by atoms with Gasteiger partial charge in [0.05, 0.1) is 10.6 Å². The Labute approximate surface area is 199 Å². The molecule has 0 aliphatic carbocycles. The maximum Gasteiger partial charge on any atom is 0.262 e. The molecule has 0 unspecified atom stereocenters. The number of benzene rings is 3. The Kier molecular flexibility index (Phi) is 7.29. The molecule has 0 saturated carbocycles. The van der Waals surface area contributed by atoms with Gasteiger partial charge in [-0.25, -0.2) is 12.8 Å². The minimum absolute atomic E-state index is 0.110. The van der Waals surface area contributed by atoms with Crippen LogP contribution in [0.3, 0.4) is 0 Å². The monoisotopic (exact) mass is 481 g/mol. The van der Waals surface area contributed by atoms with Gasteiger partial charge in [0.2, 0.25) is 0 Å². The molecular formula is C26H28FN3O3S. The number of carbonyl (C=O) groups is 1. The topological polar surface area (TPSA) is 78.5 Å². The zero-order valence-electron chi connectivity index (χ0n) is 19.1. The van der Waals surface area contributed by atoms with Gasteiger partial charge in [-0.05, 0) is 73.8 Å². The zero-order chi connectivity index (χ0) is 24.1. The van der Waals surface area contributed by atoms with E-state index in [0.717, 1.165) is 25.2 Å². The van der Waals surface area contributed by atoms with E-state index in [2.05, 4.69) is 21.0 Å². The highest BCUT2D eigenvalue weighted by atomic mass is 32.2. The van der Waals surface area contributed by atoms with E-state index in [1.54, 1.807) is 13.0 Å². The first-order chi connectivity index (χ1) is 16.3. The molecule has 3 aromatic rings. The van der Waals surface area contributed by atoms with Crippen LogP contribution in [0.2, 0.25) is 0 Å². The standard InChI is InChI=1S/C26H28FN3O3S/c1-19-12-13-22(34(32,33)29-25-11-5-4-10-24(25)27)16-23(19)26(31)28-17-20-8-2-3-9-21(20)18-30-14-6-7-15-30/h2-5,8-13,16,29H,6-7,14-15,17-18H2,1H3,(H,28,31). The highest BCUT2D eigenvalue weighted by molar-refractivity contribution is 7.92. The van der Waals surface area contributed by atoms with Gasteiger partial charge in [0.1, 0.15) is 5.82 Å². The van der Waals surface area contributed by atoms with E-state index in [4.69, 9.17) is 0 Å². The summed E-state index contributed by atoms with van der Waals surface area (Å²) in [5, 5.41) is 2.93. The number of nitrogens with one attached hydrogen (secondary N) is 2. The lowest BCUT2D eigenvalue weighted by atomic mass is 10.1. The number of para-hydroxylation sites is 1. The summed E-state index contributed by atoms with van der Waals surface area (Å²) in [5.41, 5.74) is 2.96. The Balaban J connectivity index is 1.49. The number of aryl methyl sites for hydroxylation is 1. The van der Waals surface area contributed by atoms with Crippen LogP contribution < -0.4 is 10.0 Å². The number of hydrogen-bond donors (Lipinski definition) is 2. The Morgan fingerprint density at radius 2 is 1.65 bits per heavy atom. The van der Waals surface area contributed by atoms with E-state index in [1.165, 1.54) is 54.8 Å². The maximum absolute atomic E-state index is 13.9. The molecule has 1 amide bonds. The second-order valence-electron chi connectivity index (χ2n) is 8.50. The lowest BCUT2D eigenvalue weighted by molar-refractivity contribution is 0.0950. The summed E-state index contributed by atoms with van der Waals surface area (Å²) in [5.74, 6) is -1.04. The molecule has 1 saturated heterocycles. The average molecular weight is 482 g/mol. The van der Waals surface area contributed by atoms with Crippen LogP contribution in [0.15, 0.2) is 71.6 Å². The Morgan fingerprint density at radius 3 is 2.38 bits per heavy atom. The van der Waals surface area contributed by atoms with Gasteiger partial charge >= 0.3 is 0 Å². The van der Waals surface area contributed by atoms with E-state index < -0.39 is 15.8 Å². The Morgan fingerprint density at radius 1 is 0.971 bits per heavy atom. The highest BCUT2D eigenvalue weighted by Gasteiger charge is 2.20. The van der Waals surface area contributed by atoms with Gasteiger partial charge in [-0.2, -0.15) is 0 Å². The molecule has 0 radical (unpaired) electrons. The second-order valence-corrected chi connectivity index (χ2v) is 10.2. The summed E-state index contributed by atoms with van der Waals surface area (Å²) in [6.45, 7) is 5.11. The van der Waals surface area contributed by atoms with Crippen LogP contribution in [-0.2, 0) is 23.1 Å². The molecule has 3 aromatic carbocycles. The molecule has 8 heteroatoms. The average Bonchev–Trinajstić information content (AvgIpc) is 3.33. The molecule has 4 rings (SSSR count).